The number of ether oxygens (including phenoxy) is 1. The summed E-state index contributed by atoms with van der Waals surface area (Å²) in [5.74, 6) is 0.783. The summed E-state index contributed by atoms with van der Waals surface area (Å²) in [5.41, 5.74) is 2.95. The molecule has 1 N–H and O–H groups in total. The SMILES string of the molecule is COc1cccc(C2c3cccn3CCN2C(=O)Nc2cccc3ccccc23)c1. The van der Waals surface area contributed by atoms with Crippen LogP contribution in [0.2, 0.25) is 0 Å². The van der Waals surface area contributed by atoms with Crippen LogP contribution >= 0.6 is 0 Å². The van der Waals surface area contributed by atoms with E-state index in [-0.39, 0.29) is 12.1 Å². The second-order valence-electron chi connectivity index (χ2n) is 7.46. The maximum atomic E-state index is 13.5. The highest BCUT2D eigenvalue weighted by Gasteiger charge is 2.32. The Balaban J connectivity index is 1.52. The van der Waals surface area contributed by atoms with E-state index in [0.29, 0.717) is 6.54 Å². The van der Waals surface area contributed by atoms with Crippen molar-refractivity contribution in [3.8, 4) is 5.75 Å². The lowest BCUT2D eigenvalue weighted by Gasteiger charge is -2.37. The molecule has 1 unspecified atom stereocenters. The Morgan fingerprint density at radius 3 is 2.70 bits per heavy atom. The van der Waals surface area contributed by atoms with Gasteiger partial charge in [-0.25, -0.2) is 4.79 Å². The zero-order valence-corrected chi connectivity index (χ0v) is 16.8. The van der Waals surface area contributed by atoms with Crippen molar-refractivity contribution in [3.05, 3.63) is 96.3 Å². The highest BCUT2D eigenvalue weighted by atomic mass is 16.5. The molecular formula is C25H23N3O2. The average Bonchev–Trinajstić information content (AvgIpc) is 3.27. The van der Waals surface area contributed by atoms with Gasteiger partial charge in [0.25, 0.3) is 0 Å². The number of rotatable bonds is 3. The molecule has 4 aromatic rings. The van der Waals surface area contributed by atoms with Gasteiger partial charge in [-0.05, 0) is 41.3 Å². The van der Waals surface area contributed by atoms with Crippen molar-refractivity contribution in [2.24, 2.45) is 0 Å². The number of amides is 2. The second kappa shape index (κ2) is 7.59. The molecule has 5 nitrogen and oxygen atoms in total. The van der Waals surface area contributed by atoms with Gasteiger partial charge in [-0.3, -0.25) is 0 Å². The smallest absolute Gasteiger partial charge is 0.322 e. The zero-order valence-electron chi connectivity index (χ0n) is 16.8. The maximum Gasteiger partial charge on any atom is 0.322 e. The topological polar surface area (TPSA) is 46.5 Å². The third-order valence-electron chi connectivity index (χ3n) is 5.74. The van der Waals surface area contributed by atoms with E-state index in [2.05, 4.69) is 34.3 Å². The Morgan fingerprint density at radius 2 is 1.80 bits per heavy atom. The van der Waals surface area contributed by atoms with E-state index in [9.17, 15) is 4.79 Å². The van der Waals surface area contributed by atoms with E-state index >= 15 is 0 Å². The molecule has 0 aliphatic carbocycles. The van der Waals surface area contributed by atoms with E-state index in [4.69, 9.17) is 4.74 Å². The number of urea groups is 1. The molecule has 0 bridgehead atoms. The lowest BCUT2D eigenvalue weighted by Crippen LogP contribution is -2.44. The van der Waals surface area contributed by atoms with Gasteiger partial charge < -0.3 is 19.5 Å². The van der Waals surface area contributed by atoms with Crippen LogP contribution in [0.1, 0.15) is 17.3 Å². The Kier molecular flexibility index (Phi) is 4.64. The summed E-state index contributed by atoms with van der Waals surface area (Å²) in [6.07, 6.45) is 2.07. The van der Waals surface area contributed by atoms with Crippen LogP contribution in [0.4, 0.5) is 10.5 Å². The average molecular weight is 397 g/mol. The second-order valence-corrected chi connectivity index (χ2v) is 7.46. The first kappa shape index (κ1) is 18.3. The van der Waals surface area contributed by atoms with Crippen molar-refractivity contribution in [3.63, 3.8) is 0 Å². The molecule has 5 rings (SSSR count). The number of nitrogens with one attached hydrogen (secondary N) is 1. The van der Waals surface area contributed by atoms with Crippen LogP contribution in [0.15, 0.2) is 85.1 Å². The molecule has 150 valence electrons. The molecule has 1 aliphatic heterocycles. The molecule has 3 aromatic carbocycles. The fourth-order valence-electron chi connectivity index (χ4n) is 4.29. The molecule has 0 saturated carbocycles. The molecule has 0 spiro atoms. The van der Waals surface area contributed by atoms with Crippen LogP contribution in [0.3, 0.4) is 0 Å². The molecule has 0 radical (unpaired) electrons. The highest BCUT2D eigenvalue weighted by molar-refractivity contribution is 6.01. The van der Waals surface area contributed by atoms with Crippen LogP contribution in [-0.4, -0.2) is 29.2 Å². The van der Waals surface area contributed by atoms with Gasteiger partial charge in [0.15, 0.2) is 0 Å². The standard InChI is InChI=1S/C25H23N3O2/c1-30-20-10-4-9-19(17-20)24-23-13-6-14-27(23)15-16-28(24)25(29)26-22-12-5-8-18-7-2-3-11-21(18)22/h2-14,17,24H,15-16H2,1H3,(H,26,29). The molecule has 2 heterocycles. The third kappa shape index (κ3) is 3.18. The van der Waals surface area contributed by atoms with Crippen molar-refractivity contribution in [1.82, 2.24) is 9.47 Å². The Morgan fingerprint density at radius 1 is 0.967 bits per heavy atom. The lowest BCUT2D eigenvalue weighted by atomic mass is 10.00. The number of hydrogen-bond acceptors (Lipinski definition) is 2. The Labute approximate surface area is 175 Å². The lowest BCUT2D eigenvalue weighted by molar-refractivity contribution is 0.181. The van der Waals surface area contributed by atoms with Crippen molar-refractivity contribution in [2.45, 2.75) is 12.6 Å². The molecule has 30 heavy (non-hydrogen) atoms. The van der Waals surface area contributed by atoms with Crippen molar-refractivity contribution < 1.29 is 9.53 Å². The summed E-state index contributed by atoms with van der Waals surface area (Å²) >= 11 is 0. The van der Waals surface area contributed by atoms with Crippen LogP contribution in [0.25, 0.3) is 10.8 Å². The molecule has 1 aromatic heterocycles. The zero-order chi connectivity index (χ0) is 20.5. The van der Waals surface area contributed by atoms with E-state index in [1.54, 1.807) is 7.11 Å². The molecular weight excluding hydrogens is 374 g/mol. The quantitative estimate of drug-likeness (QED) is 0.511. The summed E-state index contributed by atoms with van der Waals surface area (Å²) in [4.78, 5) is 15.4. The van der Waals surface area contributed by atoms with Gasteiger partial charge in [-0.1, -0.05) is 48.5 Å². The van der Waals surface area contributed by atoms with E-state index in [1.165, 1.54) is 0 Å². The number of hydrogen-bond donors (Lipinski definition) is 1. The molecule has 0 fully saturated rings. The Bertz CT molecular complexity index is 1210. The number of aromatic nitrogens is 1. The van der Waals surface area contributed by atoms with Crippen molar-refractivity contribution >= 4 is 22.5 Å². The maximum absolute atomic E-state index is 13.5. The van der Waals surface area contributed by atoms with Gasteiger partial charge in [0.1, 0.15) is 5.75 Å². The first-order valence-electron chi connectivity index (χ1n) is 10.1. The predicted octanol–water partition coefficient (Wildman–Crippen LogP) is 5.29. The molecule has 2 amide bonds. The van der Waals surface area contributed by atoms with Gasteiger partial charge in [0, 0.05) is 30.4 Å². The number of carbonyl (C=O) groups is 1. The minimum Gasteiger partial charge on any atom is -0.497 e. The predicted molar refractivity (Wildman–Crippen MR) is 119 cm³/mol. The summed E-state index contributed by atoms with van der Waals surface area (Å²) in [6, 6.07) is 25.8. The summed E-state index contributed by atoms with van der Waals surface area (Å²) in [5, 5.41) is 5.29. The van der Waals surface area contributed by atoms with Gasteiger partial charge in [0.05, 0.1) is 18.8 Å². The van der Waals surface area contributed by atoms with E-state index in [0.717, 1.165) is 40.0 Å². The van der Waals surface area contributed by atoms with Gasteiger partial charge in [0.2, 0.25) is 0 Å². The molecule has 0 saturated heterocycles. The summed E-state index contributed by atoms with van der Waals surface area (Å²) in [6.45, 7) is 1.39. The number of anilines is 1. The van der Waals surface area contributed by atoms with Gasteiger partial charge >= 0.3 is 6.03 Å². The number of methoxy groups -OCH3 is 1. The first-order valence-corrected chi connectivity index (χ1v) is 10.1. The number of nitrogens with zero attached hydrogens (tertiary/aromatic N) is 2. The summed E-state index contributed by atoms with van der Waals surface area (Å²) < 4.78 is 7.64. The number of carbonyl (C=O) groups excluding carboxylic acids is 1. The first-order chi connectivity index (χ1) is 14.7. The highest BCUT2D eigenvalue weighted by Crippen LogP contribution is 2.34. The Hall–Kier alpha value is -3.73. The molecule has 1 atom stereocenters. The van der Waals surface area contributed by atoms with Crippen LogP contribution in [0, 0.1) is 0 Å². The molecule has 1 aliphatic rings. The normalized spacial score (nSPS) is 15.6. The fourth-order valence-corrected chi connectivity index (χ4v) is 4.29. The van der Waals surface area contributed by atoms with E-state index in [1.807, 2.05) is 65.6 Å². The van der Waals surface area contributed by atoms with Crippen LogP contribution in [-0.2, 0) is 6.54 Å². The van der Waals surface area contributed by atoms with Gasteiger partial charge in [-0.15, -0.1) is 0 Å². The van der Waals surface area contributed by atoms with Crippen LogP contribution in [0.5, 0.6) is 5.75 Å². The summed E-state index contributed by atoms with van der Waals surface area (Å²) in [7, 11) is 1.66. The number of fused-ring (bicyclic) bond motifs is 2. The fraction of sp³-hybridized carbons (Fsp3) is 0.160. The molecule has 5 heteroatoms. The monoisotopic (exact) mass is 397 g/mol. The largest absolute Gasteiger partial charge is 0.497 e. The minimum atomic E-state index is -0.182. The number of benzene rings is 3. The van der Waals surface area contributed by atoms with Crippen LogP contribution < -0.4 is 10.1 Å². The van der Waals surface area contributed by atoms with Gasteiger partial charge in [-0.2, -0.15) is 0 Å². The van der Waals surface area contributed by atoms with Crippen molar-refractivity contribution in [1.29, 1.82) is 0 Å². The van der Waals surface area contributed by atoms with Crippen molar-refractivity contribution in [2.75, 3.05) is 19.0 Å². The minimum absolute atomic E-state index is 0.105. The third-order valence-corrected chi connectivity index (χ3v) is 5.74. The van der Waals surface area contributed by atoms with E-state index < -0.39 is 0 Å².